The van der Waals surface area contributed by atoms with Crippen LogP contribution in [0.2, 0.25) is 0 Å². The lowest BCUT2D eigenvalue weighted by Crippen LogP contribution is -3.11. The lowest BCUT2D eigenvalue weighted by Gasteiger charge is -2.25. The van der Waals surface area contributed by atoms with Crippen LogP contribution in [0.1, 0.15) is 30.4 Å². The number of amides is 1. The third-order valence-corrected chi connectivity index (χ3v) is 4.06. The average molecular weight is 291 g/mol. The summed E-state index contributed by atoms with van der Waals surface area (Å²) in [7, 11) is 2.06. The fourth-order valence-electron chi connectivity index (χ4n) is 2.90. The molecule has 1 saturated heterocycles. The highest BCUT2D eigenvalue weighted by atomic mass is 16.5. The normalized spacial score (nSPS) is 20.0. The number of carbonyl (C=O) groups is 1. The van der Waals surface area contributed by atoms with E-state index in [9.17, 15) is 4.79 Å². The van der Waals surface area contributed by atoms with Gasteiger partial charge in [0.2, 0.25) is 0 Å². The van der Waals surface area contributed by atoms with Crippen molar-refractivity contribution in [2.75, 3.05) is 32.1 Å². The summed E-state index contributed by atoms with van der Waals surface area (Å²) >= 11 is 0. The van der Waals surface area contributed by atoms with Crippen molar-refractivity contribution in [2.45, 2.75) is 39.2 Å². The number of ether oxygens (including phenoxy) is 1. The molecule has 116 valence electrons. The van der Waals surface area contributed by atoms with Gasteiger partial charge in [0.15, 0.2) is 6.54 Å². The van der Waals surface area contributed by atoms with Crippen LogP contribution >= 0.6 is 0 Å². The van der Waals surface area contributed by atoms with E-state index in [1.54, 1.807) is 0 Å². The first-order valence-corrected chi connectivity index (χ1v) is 7.85. The number of nitrogens with one attached hydrogen (secondary N) is 2. The van der Waals surface area contributed by atoms with Crippen LogP contribution in [0.15, 0.2) is 18.2 Å². The fourth-order valence-corrected chi connectivity index (χ4v) is 2.90. The molecule has 1 fully saturated rings. The quantitative estimate of drug-likeness (QED) is 0.859. The van der Waals surface area contributed by atoms with E-state index >= 15 is 0 Å². The largest absolute Gasteiger partial charge is 0.372 e. The smallest absolute Gasteiger partial charge is 0.279 e. The Morgan fingerprint density at radius 2 is 2.05 bits per heavy atom. The molecule has 1 aliphatic heterocycles. The number of quaternary nitrogens is 1. The van der Waals surface area contributed by atoms with Crippen molar-refractivity contribution < 1.29 is 14.4 Å². The van der Waals surface area contributed by atoms with Crippen molar-refractivity contribution in [3.63, 3.8) is 0 Å². The van der Waals surface area contributed by atoms with Crippen molar-refractivity contribution in [3.8, 4) is 0 Å². The molecule has 0 aliphatic carbocycles. The molecule has 1 amide bonds. The number of anilines is 1. The van der Waals surface area contributed by atoms with Gasteiger partial charge in [0, 0.05) is 12.3 Å². The molecule has 2 rings (SSSR count). The minimum absolute atomic E-state index is 0.0701. The molecule has 1 heterocycles. The highest BCUT2D eigenvalue weighted by Gasteiger charge is 2.20. The maximum Gasteiger partial charge on any atom is 0.279 e. The second-order valence-corrected chi connectivity index (χ2v) is 6.14. The van der Waals surface area contributed by atoms with E-state index in [0.29, 0.717) is 12.6 Å². The van der Waals surface area contributed by atoms with Gasteiger partial charge in [-0.1, -0.05) is 18.2 Å². The number of hydrogen-bond acceptors (Lipinski definition) is 2. The number of hydrogen-bond donors (Lipinski definition) is 2. The average Bonchev–Trinajstić information content (AvgIpc) is 2.44. The molecule has 4 nitrogen and oxygen atoms in total. The molecule has 1 aromatic rings. The van der Waals surface area contributed by atoms with Gasteiger partial charge in [-0.3, -0.25) is 4.79 Å². The Hall–Kier alpha value is -1.39. The summed E-state index contributed by atoms with van der Waals surface area (Å²) in [5.41, 5.74) is 3.16. The van der Waals surface area contributed by atoms with E-state index < -0.39 is 0 Å². The molecular formula is C17H27N2O2+. The van der Waals surface area contributed by atoms with Gasteiger partial charge >= 0.3 is 0 Å². The Labute approximate surface area is 127 Å². The lowest BCUT2D eigenvalue weighted by molar-refractivity contribution is -0.874. The Kier molecular flexibility index (Phi) is 5.76. The monoisotopic (exact) mass is 291 g/mol. The molecule has 4 heteroatoms. The fraction of sp³-hybridized carbons (Fsp3) is 0.588. The number of carbonyl (C=O) groups excluding carboxylic acids is 1. The van der Waals surface area contributed by atoms with Crippen LogP contribution in [0.25, 0.3) is 0 Å². The Morgan fingerprint density at radius 3 is 2.67 bits per heavy atom. The SMILES string of the molecule is Cc1cccc(C)c1NC(=O)C[NH+](C)C[C@@H]1CCCCO1. The maximum absolute atomic E-state index is 12.2. The minimum Gasteiger partial charge on any atom is -0.372 e. The molecular weight excluding hydrogens is 264 g/mol. The van der Waals surface area contributed by atoms with Gasteiger partial charge in [-0.25, -0.2) is 0 Å². The minimum atomic E-state index is 0.0701. The first kappa shape index (κ1) is 16.0. The molecule has 0 radical (unpaired) electrons. The summed E-state index contributed by atoms with van der Waals surface area (Å²) in [5.74, 6) is 0.0701. The number of para-hydroxylation sites is 1. The Bertz CT molecular complexity index is 461. The zero-order chi connectivity index (χ0) is 15.2. The van der Waals surface area contributed by atoms with Gasteiger partial charge in [0.1, 0.15) is 12.6 Å². The lowest BCUT2D eigenvalue weighted by atomic mass is 10.1. The van der Waals surface area contributed by atoms with E-state index in [1.807, 2.05) is 32.0 Å². The van der Waals surface area contributed by atoms with Crippen LogP contribution in [0.5, 0.6) is 0 Å². The number of rotatable bonds is 5. The number of aryl methyl sites for hydroxylation is 2. The highest BCUT2D eigenvalue weighted by molar-refractivity contribution is 5.93. The summed E-state index contributed by atoms with van der Waals surface area (Å²) in [6.07, 6.45) is 3.84. The van der Waals surface area contributed by atoms with Crippen LogP contribution in [0.3, 0.4) is 0 Å². The summed E-state index contributed by atoms with van der Waals surface area (Å²) in [5, 5.41) is 3.05. The molecule has 2 atom stereocenters. The van der Waals surface area contributed by atoms with Crippen molar-refractivity contribution >= 4 is 11.6 Å². The standard InChI is InChI=1S/C17H26N2O2/c1-13-7-6-8-14(2)17(13)18-16(20)12-19(3)11-15-9-4-5-10-21-15/h6-8,15H,4-5,9-12H2,1-3H3,(H,18,20)/p+1/t15-/m0/s1. The molecule has 0 bridgehead atoms. The van der Waals surface area contributed by atoms with Crippen LogP contribution in [-0.4, -0.2) is 38.8 Å². The number of benzene rings is 1. The second-order valence-electron chi connectivity index (χ2n) is 6.14. The van der Waals surface area contributed by atoms with Gasteiger partial charge in [-0.2, -0.15) is 0 Å². The highest BCUT2D eigenvalue weighted by Crippen LogP contribution is 2.18. The topological polar surface area (TPSA) is 42.8 Å². The first-order chi connectivity index (χ1) is 10.1. The summed E-state index contributed by atoms with van der Waals surface area (Å²) in [6, 6.07) is 6.06. The molecule has 0 aromatic heterocycles. The first-order valence-electron chi connectivity index (χ1n) is 7.85. The summed E-state index contributed by atoms with van der Waals surface area (Å²) in [6.45, 7) is 6.30. The third-order valence-electron chi connectivity index (χ3n) is 4.06. The molecule has 1 unspecified atom stereocenters. The van der Waals surface area contributed by atoms with Crippen molar-refractivity contribution in [2.24, 2.45) is 0 Å². The van der Waals surface area contributed by atoms with E-state index in [2.05, 4.69) is 12.4 Å². The third kappa shape index (κ3) is 4.83. The molecule has 0 spiro atoms. The van der Waals surface area contributed by atoms with Crippen molar-refractivity contribution in [1.29, 1.82) is 0 Å². The second kappa shape index (κ2) is 7.57. The zero-order valence-corrected chi connectivity index (χ0v) is 13.4. The van der Waals surface area contributed by atoms with Gasteiger partial charge < -0.3 is 15.0 Å². The Balaban J connectivity index is 1.83. The van der Waals surface area contributed by atoms with Crippen LogP contribution in [0, 0.1) is 13.8 Å². The molecule has 1 aliphatic rings. The van der Waals surface area contributed by atoms with Crippen molar-refractivity contribution in [1.82, 2.24) is 0 Å². The molecule has 2 N–H and O–H groups in total. The molecule has 0 saturated carbocycles. The zero-order valence-electron chi connectivity index (χ0n) is 13.4. The van der Waals surface area contributed by atoms with Crippen LogP contribution in [0.4, 0.5) is 5.69 Å². The van der Waals surface area contributed by atoms with Gasteiger partial charge in [-0.05, 0) is 44.2 Å². The summed E-state index contributed by atoms with van der Waals surface area (Å²) in [4.78, 5) is 13.4. The van der Waals surface area contributed by atoms with E-state index in [1.165, 1.54) is 17.7 Å². The maximum atomic E-state index is 12.2. The van der Waals surface area contributed by atoms with Gasteiger partial charge in [0.25, 0.3) is 5.91 Å². The predicted octanol–water partition coefficient (Wildman–Crippen LogP) is 1.33. The molecule has 21 heavy (non-hydrogen) atoms. The van der Waals surface area contributed by atoms with Crippen LogP contribution < -0.4 is 10.2 Å². The van der Waals surface area contributed by atoms with Crippen molar-refractivity contribution in [3.05, 3.63) is 29.3 Å². The van der Waals surface area contributed by atoms with E-state index in [0.717, 1.165) is 36.4 Å². The summed E-state index contributed by atoms with van der Waals surface area (Å²) < 4.78 is 5.73. The van der Waals surface area contributed by atoms with Gasteiger partial charge in [0.05, 0.1) is 7.05 Å². The van der Waals surface area contributed by atoms with E-state index in [4.69, 9.17) is 4.74 Å². The molecule has 1 aromatic carbocycles. The van der Waals surface area contributed by atoms with Crippen LogP contribution in [-0.2, 0) is 9.53 Å². The predicted molar refractivity (Wildman–Crippen MR) is 84.8 cm³/mol. The number of likely N-dealkylation sites (N-methyl/N-ethyl adjacent to an activating group) is 1. The van der Waals surface area contributed by atoms with E-state index in [-0.39, 0.29) is 5.91 Å². The Morgan fingerprint density at radius 1 is 1.33 bits per heavy atom. The van der Waals surface area contributed by atoms with Gasteiger partial charge in [-0.15, -0.1) is 0 Å².